The van der Waals surface area contributed by atoms with E-state index >= 15 is 0 Å². The van der Waals surface area contributed by atoms with E-state index in [4.69, 9.17) is 23.2 Å². The van der Waals surface area contributed by atoms with Gasteiger partial charge in [0.25, 0.3) is 5.69 Å². The highest BCUT2D eigenvalue weighted by Gasteiger charge is 2.52. The number of nitro benzene ring substituents is 1. The second kappa shape index (κ2) is 3.11. The summed E-state index contributed by atoms with van der Waals surface area (Å²) in [5.74, 6) is 0.117. The normalized spacial score (nSPS) is 23.1. The third-order valence-corrected chi connectivity index (χ3v) is 3.17. The van der Waals surface area contributed by atoms with Crippen molar-refractivity contribution < 1.29 is 4.92 Å². The van der Waals surface area contributed by atoms with Crippen LogP contribution in [0.2, 0.25) is 0 Å². The fraction of sp³-hybridized carbons (Fsp3) is 0.333. The molecule has 0 bridgehead atoms. The van der Waals surface area contributed by atoms with E-state index < -0.39 is 9.26 Å². The Balaban J connectivity index is 2.20. The first-order valence-corrected chi connectivity index (χ1v) is 4.88. The largest absolute Gasteiger partial charge is 0.269 e. The molecule has 0 aromatic heterocycles. The average molecular weight is 232 g/mol. The van der Waals surface area contributed by atoms with Gasteiger partial charge in [-0.15, -0.1) is 23.2 Å². The minimum absolute atomic E-state index is 0.0872. The molecule has 5 heteroatoms. The fourth-order valence-corrected chi connectivity index (χ4v) is 1.96. The highest BCUT2D eigenvalue weighted by Crippen LogP contribution is 2.59. The summed E-state index contributed by atoms with van der Waals surface area (Å²) in [7, 11) is 0. The first-order valence-electron chi connectivity index (χ1n) is 4.13. The molecule has 2 rings (SSSR count). The molecule has 0 amide bonds. The fourth-order valence-electron chi connectivity index (χ4n) is 1.40. The summed E-state index contributed by atoms with van der Waals surface area (Å²) in [5, 5.41) is 10.4. The maximum Gasteiger partial charge on any atom is 0.269 e. The first-order chi connectivity index (χ1) is 6.50. The number of hydrogen-bond acceptors (Lipinski definition) is 2. The van der Waals surface area contributed by atoms with Gasteiger partial charge in [0.05, 0.1) is 4.92 Å². The zero-order valence-electron chi connectivity index (χ0n) is 7.11. The van der Waals surface area contributed by atoms with Crippen LogP contribution >= 0.6 is 23.2 Å². The van der Waals surface area contributed by atoms with Crippen LogP contribution in [0.1, 0.15) is 17.9 Å². The van der Waals surface area contributed by atoms with Gasteiger partial charge in [-0.1, -0.05) is 12.1 Å². The monoisotopic (exact) mass is 231 g/mol. The second-order valence-corrected chi connectivity index (χ2v) is 4.91. The molecule has 0 radical (unpaired) electrons. The van der Waals surface area contributed by atoms with Gasteiger partial charge in [-0.05, 0) is 12.0 Å². The molecular formula is C9H7Cl2NO2. The molecule has 1 saturated carbocycles. The van der Waals surface area contributed by atoms with Crippen LogP contribution in [0.25, 0.3) is 0 Å². The Hall–Kier alpha value is -0.800. The van der Waals surface area contributed by atoms with Crippen molar-refractivity contribution in [3.63, 3.8) is 0 Å². The highest BCUT2D eigenvalue weighted by atomic mass is 35.5. The minimum Gasteiger partial charge on any atom is -0.258 e. The number of nitrogens with zero attached hydrogens (tertiary/aromatic N) is 1. The summed E-state index contributed by atoms with van der Waals surface area (Å²) >= 11 is 11.8. The van der Waals surface area contributed by atoms with Crippen molar-refractivity contribution in [2.75, 3.05) is 0 Å². The van der Waals surface area contributed by atoms with Gasteiger partial charge in [0.15, 0.2) is 0 Å². The van der Waals surface area contributed by atoms with Crippen molar-refractivity contribution in [3.05, 3.63) is 39.9 Å². The van der Waals surface area contributed by atoms with Crippen molar-refractivity contribution in [3.8, 4) is 0 Å². The van der Waals surface area contributed by atoms with Crippen LogP contribution in [0.3, 0.4) is 0 Å². The third kappa shape index (κ3) is 1.70. The molecule has 0 heterocycles. The van der Waals surface area contributed by atoms with E-state index in [0.717, 1.165) is 5.56 Å². The molecule has 3 nitrogen and oxygen atoms in total. The van der Waals surface area contributed by atoms with E-state index in [-0.39, 0.29) is 11.6 Å². The van der Waals surface area contributed by atoms with Crippen LogP contribution in [0.15, 0.2) is 24.3 Å². The molecule has 0 N–H and O–H groups in total. The van der Waals surface area contributed by atoms with E-state index in [9.17, 15) is 10.1 Å². The Morgan fingerprint density at radius 2 is 1.86 bits per heavy atom. The molecule has 1 aromatic rings. The molecule has 0 saturated heterocycles. The number of nitro groups is 1. The Morgan fingerprint density at radius 1 is 1.36 bits per heavy atom. The smallest absolute Gasteiger partial charge is 0.258 e. The standard InChI is InChI=1S/C9H7Cl2NO2/c10-9(11)5-8(9)6-1-3-7(4-2-6)12(13)14/h1-4,8H,5H2. The van der Waals surface area contributed by atoms with Crippen LogP contribution in [0, 0.1) is 10.1 Å². The molecule has 1 unspecified atom stereocenters. The molecule has 14 heavy (non-hydrogen) atoms. The second-order valence-electron chi connectivity index (χ2n) is 3.37. The van der Waals surface area contributed by atoms with Crippen molar-refractivity contribution in [1.29, 1.82) is 0 Å². The van der Waals surface area contributed by atoms with E-state index in [1.807, 2.05) is 0 Å². The van der Waals surface area contributed by atoms with Crippen LogP contribution in [-0.4, -0.2) is 9.26 Å². The lowest BCUT2D eigenvalue weighted by atomic mass is 10.1. The summed E-state index contributed by atoms with van der Waals surface area (Å²) in [6, 6.07) is 6.35. The molecule has 1 aliphatic rings. The van der Waals surface area contributed by atoms with Gasteiger partial charge in [0, 0.05) is 18.1 Å². The predicted octanol–water partition coefficient (Wildman–Crippen LogP) is 3.26. The van der Waals surface area contributed by atoms with Gasteiger partial charge in [0.1, 0.15) is 4.33 Å². The highest BCUT2D eigenvalue weighted by molar-refractivity contribution is 6.51. The van der Waals surface area contributed by atoms with E-state index in [0.29, 0.717) is 6.42 Å². The van der Waals surface area contributed by atoms with Gasteiger partial charge in [0.2, 0.25) is 0 Å². The van der Waals surface area contributed by atoms with Crippen LogP contribution < -0.4 is 0 Å². The minimum atomic E-state index is -0.671. The lowest BCUT2D eigenvalue weighted by molar-refractivity contribution is -0.384. The summed E-state index contributed by atoms with van der Waals surface area (Å²) in [5.41, 5.74) is 1.05. The number of halogens is 2. The molecule has 1 aliphatic carbocycles. The molecule has 1 atom stereocenters. The van der Waals surface area contributed by atoms with Gasteiger partial charge in [-0.25, -0.2) is 0 Å². The molecular weight excluding hydrogens is 225 g/mol. The zero-order chi connectivity index (χ0) is 10.3. The molecule has 1 fully saturated rings. The lowest BCUT2D eigenvalue weighted by Crippen LogP contribution is -1.91. The van der Waals surface area contributed by atoms with Gasteiger partial charge in [-0.3, -0.25) is 10.1 Å². The van der Waals surface area contributed by atoms with E-state index in [1.165, 1.54) is 12.1 Å². The first kappa shape index (κ1) is 9.74. The molecule has 1 aromatic carbocycles. The number of hydrogen-bond donors (Lipinski definition) is 0. The average Bonchev–Trinajstić information content (AvgIpc) is 2.75. The zero-order valence-corrected chi connectivity index (χ0v) is 8.63. The quantitative estimate of drug-likeness (QED) is 0.446. The van der Waals surface area contributed by atoms with E-state index in [2.05, 4.69) is 0 Å². The number of benzene rings is 1. The maximum absolute atomic E-state index is 10.4. The van der Waals surface area contributed by atoms with Crippen LogP contribution in [0.5, 0.6) is 0 Å². The Kier molecular flexibility index (Phi) is 2.16. The van der Waals surface area contributed by atoms with Gasteiger partial charge in [-0.2, -0.15) is 0 Å². The number of non-ortho nitro benzene ring substituents is 1. The Labute approximate surface area is 90.8 Å². The Morgan fingerprint density at radius 3 is 2.21 bits per heavy atom. The molecule has 74 valence electrons. The van der Waals surface area contributed by atoms with Gasteiger partial charge >= 0.3 is 0 Å². The van der Waals surface area contributed by atoms with Crippen molar-refractivity contribution in [2.45, 2.75) is 16.7 Å². The number of rotatable bonds is 2. The Bertz CT molecular complexity index is 375. The van der Waals surface area contributed by atoms with Crippen LogP contribution in [-0.2, 0) is 0 Å². The number of alkyl halides is 2. The van der Waals surface area contributed by atoms with Gasteiger partial charge < -0.3 is 0 Å². The van der Waals surface area contributed by atoms with Crippen molar-refractivity contribution >= 4 is 28.9 Å². The topological polar surface area (TPSA) is 43.1 Å². The lowest BCUT2D eigenvalue weighted by Gasteiger charge is -1.99. The third-order valence-electron chi connectivity index (χ3n) is 2.33. The summed E-state index contributed by atoms with van der Waals surface area (Å²) < 4.78 is -0.671. The predicted molar refractivity (Wildman–Crippen MR) is 54.9 cm³/mol. The summed E-state index contributed by atoms with van der Waals surface area (Å²) in [6.07, 6.45) is 0.716. The van der Waals surface area contributed by atoms with Crippen molar-refractivity contribution in [2.24, 2.45) is 0 Å². The molecule has 0 spiro atoms. The van der Waals surface area contributed by atoms with Crippen molar-refractivity contribution in [1.82, 2.24) is 0 Å². The molecule has 0 aliphatic heterocycles. The SMILES string of the molecule is O=[N+]([O-])c1ccc(C2CC2(Cl)Cl)cc1. The van der Waals surface area contributed by atoms with E-state index in [1.54, 1.807) is 12.1 Å². The maximum atomic E-state index is 10.4. The summed E-state index contributed by atoms with van der Waals surface area (Å²) in [4.78, 5) is 9.95. The van der Waals surface area contributed by atoms with Crippen LogP contribution in [0.4, 0.5) is 5.69 Å². The summed E-state index contributed by atoms with van der Waals surface area (Å²) in [6.45, 7) is 0.